The minimum Gasteiger partial charge on any atom is -0.458 e. The molecule has 2 aromatic carbocycles. The number of carbonyl (C=O) groups excluding carboxylic acids is 2. The Morgan fingerprint density at radius 3 is 2.42 bits per heavy atom. The van der Waals surface area contributed by atoms with Crippen LogP contribution in [0.1, 0.15) is 11.3 Å². The van der Waals surface area contributed by atoms with Gasteiger partial charge in [-0.05, 0) is 17.7 Å². The summed E-state index contributed by atoms with van der Waals surface area (Å²) in [4.78, 5) is 27.8. The van der Waals surface area contributed by atoms with Crippen LogP contribution in [0.4, 0.5) is 0 Å². The molecule has 0 saturated carbocycles. The zero-order chi connectivity index (χ0) is 18.2. The highest BCUT2D eigenvalue weighted by molar-refractivity contribution is 5.83. The molecule has 26 heavy (non-hydrogen) atoms. The Labute approximate surface area is 150 Å². The summed E-state index contributed by atoms with van der Waals surface area (Å²) in [6.45, 7) is -0.196. The van der Waals surface area contributed by atoms with Crippen molar-refractivity contribution in [3.05, 3.63) is 78.2 Å². The van der Waals surface area contributed by atoms with Gasteiger partial charge in [-0.3, -0.25) is 9.59 Å². The Bertz CT molecular complexity index is 860. The van der Waals surface area contributed by atoms with E-state index in [1.54, 1.807) is 0 Å². The molecule has 132 valence electrons. The summed E-state index contributed by atoms with van der Waals surface area (Å²) in [7, 11) is 0. The van der Waals surface area contributed by atoms with Crippen LogP contribution >= 0.6 is 0 Å². The average molecular weight is 350 g/mol. The number of nitrogens with one attached hydrogen (secondary N) is 1. The predicted molar refractivity (Wildman–Crippen MR) is 94.9 cm³/mol. The number of rotatable bonds is 7. The largest absolute Gasteiger partial charge is 0.458 e. The lowest BCUT2D eigenvalue weighted by atomic mass is 10.1. The average Bonchev–Trinajstić information content (AvgIpc) is 3.15. The molecule has 3 rings (SSSR count). The van der Waals surface area contributed by atoms with Gasteiger partial charge >= 0.3 is 5.97 Å². The molecule has 6 heteroatoms. The van der Waals surface area contributed by atoms with Gasteiger partial charge in [0.15, 0.2) is 0 Å². The van der Waals surface area contributed by atoms with E-state index < -0.39 is 5.97 Å². The molecule has 1 N–H and O–H groups in total. The Morgan fingerprint density at radius 1 is 1.00 bits per heavy atom. The highest BCUT2D eigenvalue weighted by Crippen LogP contribution is 2.18. The van der Waals surface area contributed by atoms with Crippen LogP contribution in [-0.4, -0.2) is 23.4 Å². The highest BCUT2D eigenvalue weighted by Gasteiger charge is 2.10. The summed E-state index contributed by atoms with van der Waals surface area (Å²) in [5, 5.41) is 2.54. The van der Waals surface area contributed by atoms with Gasteiger partial charge in [0.25, 0.3) is 0 Å². The van der Waals surface area contributed by atoms with Crippen molar-refractivity contribution in [2.24, 2.45) is 0 Å². The van der Waals surface area contributed by atoms with Crippen LogP contribution in [0, 0.1) is 0 Å². The van der Waals surface area contributed by atoms with Gasteiger partial charge < -0.3 is 14.5 Å². The van der Waals surface area contributed by atoms with E-state index in [1.807, 2.05) is 60.7 Å². The predicted octanol–water partition coefficient (Wildman–Crippen LogP) is 2.74. The van der Waals surface area contributed by atoms with Crippen LogP contribution in [0.2, 0.25) is 0 Å². The number of oxazole rings is 1. The molecule has 0 radical (unpaired) electrons. The zero-order valence-corrected chi connectivity index (χ0v) is 14.1. The molecule has 0 bridgehead atoms. The van der Waals surface area contributed by atoms with E-state index >= 15 is 0 Å². The minimum absolute atomic E-state index is 0.0102. The zero-order valence-electron chi connectivity index (χ0n) is 14.1. The molecule has 1 heterocycles. The van der Waals surface area contributed by atoms with Gasteiger partial charge in [0.2, 0.25) is 11.8 Å². The van der Waals surface area contributed by atoms with Crippen molar-refractivity contribution in [1.82, 2.24) is 10.3 Å². The van der Waals surface area contributed by atoms with Crippen LogP contribution in [0.3, 0.4) is 0 Å². The normalized spacial score (nSPS) is 10.3. The van der Waals surface area contributed by atoms with Crippen molar-refractivity contribution in [1.29, 1.82) is 0 Å². The van der Waals surface area contributed by atoms with E-state index in [1.165, 1.54) is 6.26 Å². The number of ether oxygens (including phenoxy) is 1. The van der Waals surface area contributed by atoms with Gasteiger partial charge in [0.05, 0.1) is 6.42 Å². The third kappa shape index (κ3) is 5.04. The quantitative estimate of drug-likeness (QED) is 0.663. The van der Waals surface area contributed by atoms with E-state index in [9.17, 15) is 9.59 Å². The van der Waals surface area contributed by atoms with Gasteiger partial charge in [-0.1, -0.05) is 48.5 Å². The second-order valence-electron chi connectivity index (χ2n) is 5.61. The van der Waals surface area contributed by atoms with Crippen molar-refractivity contribution in [2.75, 3.05) is 6.54 Å². The Hall–Kier alpha value is -3.41. The smallest absolute Gasteiger partial charge is 0.325 e. The molecular weight excluding hydrogens is 332 g/mol. The number of hydrogen-bond acceptors (Lipinski definition) is 5. The molecular formula is C20H18N2O4. The van der Waals surface area contributed by atoms with Gasteiger partial charge in [-0.15, -0.1) is 0 Å². The fourth-order valence-corrected chi connectivity index (χ4v) is 2.31. The number of nitrogens with zero attached hydrogens (tertiary/aromatic N) is 1. The molecule has 1 amide bonds. The SMILES string of the molecule is O=C(Cc1ccccc1)NCC(=O)OCc1coc(-c2ccccc2)n1. The molecule has 0 fully saturated rings. The summed E-state index contributed by atoms with van der Waals surface area (Å²) in [6, 6.07) is 18.7. The maximum atomic E-state index is 11.8. The van der Waals surface area contributed by atoms with Crippen LogP contribution in [-0.2, 0) is 27.4 Å². The molecule has 0 aliphatic rings. The molecule has 6 nitrogen and oxygen atoms in total. The van der Waals surface area contributed by atoms with E-state index in [-0.39, 0.29) is 25.5 Å². The Balaban J connectivity index is 1.42. The number of carbonyl (C=O) groups is 2. The molecule has 0 unspecified atom stereocenters. The van der Waals surface area contributed by atoms with Crippen LogP contribution in [0.15, 0.2) is 71.3 Å². The lowest BCUT2D eigenvalue weighted by Crippen LogP contribution is -2.31. The van der Waals surface area contributed by atoms with E-state index in [2.05, 4.69) is 10.3 Å². The van der Waals surface area contributed by atoms with E-state index in [0.717, 1.165) is 11.1 Å². The minimum atomic E-state index is -0.532. The first-order valence-corrected chi connectivity index (χ1v) is 8.17. The van der Waals surface area contributed by atoms with Crippen LogP contribution in [0.25, 0.3) is 11.5 Å². The summed E-state index contributed by atoms with van der Waals surface area (Å²) < 4.78 is 10.5. The highest BCUT2D eigenvalue weighted by atomic mass is 16.5. The summed E-state index contributed by atoms with van der Waals surface area (Å²) in [5.74, 6) is -0.301. The first-order valence-electron chi connectivity index (χ1n) is 8.17. The van der Waals surface area contributed by atoms with Crippen molar-refractivity contribution in [3.63, 3.8) is 0 Å². The van der Waals surface area contributed by atoms with E-state index in [0.29, 0.717) is 11.6 Å². The fourth-order valence-electron chi connectivity index (χ4n) is 2.31. The van der Waals surface area contributed by atoms with Crippen molar-refractivity contribution in [3.8, 4) is 11.5 Å². The first-order chi connectivity index (χ1) is 12.7. The molecule has 0 aliphatic carbocycles. The van der Waals surface area contributed by atoms with Gasteiger partial charge in [-0.25, -0.2) is 4.98 Å². The number of hydrogen-bond donors (Lipinski definition) is 1. The molecule has 0 spiro atoms. The molecule has 0 saturated heterocycles. The van der Waals surface area contributed by atoms with Crippen molar-refractivity contribution < 1.29 is 18.7 Å². The third-order valence-electron chi connectivity index (χ3n) is 3.59. The van der Waals surface area contributed by atoms with Gasteiger partial charge in [-0.2, -0.15) is 0 Å². The second-order valence-corrected chi connectivity index (χ2v) is 5.61. The second kappa shape index (κ2) is 8.62. The number of amides is 1. The topological polar surface area (TPSA) is 81.4 Å². The van der Waals surface area contributed by atoms with E-state index in [4.69, 9.17) is 9.15 Å². The lowest BCUT2D eigenvalue weighted by Gasteiger charge is -2.05. The molecule has 0 aliphatic heterocycles. The standard InChI is InChI=1S/C20H18N2O4/c23-18(11-15-7-3-1-4-8-15)21-12-19(24)25-13-17-14-26-20(22-17)16-9-5-2-6-10-16/h1-10,14H,11-13H2,(H,21,23). The third-order valence-corrected chi connectivity index (χ3v) is 3.59. The van der Waals surface area contributed by atoms with Gasteiger partial charge in [0.1, 0.15) is 25.1 Å². The molecule has 3 aromatic rings. The Kier molecular flexibility index (Phi) is 5.77. The maximum absolute atomic E-state index is 11.8. The van der Waals surface area contributed by atoms with Crippen LogP contribution in [0.5, 0.6) is 0 Å². The Morgan fingerprint density at radius 2 is 1.69 bits per heavy atom. The van der Waals surface area contributed by atoms with Crippen molar-refractivity contribution >= 4 is 11.9 Å². The first kappa shape index (κ1) is 17.4. The summed E-state index contributed by atoms with van der Waals surface area (Å²) in [5.41, 5.74) is 2.24. The monoisotopic (exact) mass is 350 g/mol. The molecule has 0 atom stereocenters. The van der Waals surface area contributed by atoms with Gasteiger partial charge in [0, 0.05) is 5.56 Å². The summed E-state index contributed by atoms with van der Waals surface area (Å²) >= 11 is 0. The van der Waals surface area contributed by atoms with Crippen molar-refractivity contribution in [2.45, 2.75) is 13.0 Å². The molecule has 1 aromatic heterocycles. The lowest BCUT2D eigenvalue weighted by molar-refractivity contribution is -0.145. The number of aromatic nitrogens is 1. The number of benzene rings is 2. The summed E-state index contributed by atoms with van der Waals surface area (Å²) in [6.07, 6.45) is 1.67. The van der Waals surface area contributed by atoms with Crippen LogP contribution < -0.4 is 5.32 Å². The number of esters is 1. The maximum Gasteiger partial charge on any atom is 0.325 e. The fraction of sp³-hybridized carbons (Fsp3) is 0.150.